The van der Waals surface area contributed by atoms with E-state index in [-0.39, 0.29) is 6.04 Å². The van der Waals surface area contributed by atoms with Gasteiger partial charge in [0.2, 0.25) is 0 Å². The van der Waals surface area contributed by atoms with Crippen LogP contribution in [0, 0.1) is 0 Å². The van der Waals surface area contributed by atoms with Gasteiger partial charge in [0.05, 0.1) is 6.10 Å². The van der Waals surface area contributed by atoms with Crippen molar-refractivity contribution in [2.45, 2.75) is 51.3 Å². The van der Waals surface area contributed by atoms with E-state index in [2.05, 4.69) is 37.9 Å². The van der Waals surface area contributed by atoms with E-state index in [0.717, 1.165) is 19.3 Å². The van der Waals surface area contributed by atoms with Crippen LogP contribution in [0.5, 0.6) is 0 Å². The lowest BCUT2D eigenvalue weighted by atomic mass is 10.0. The fourth-order valence-electron chi connectivity index (χ4n) is 2.27. The minimum absolute atomic E-state index is 0.210. The molecule has 0 aliphatic carbocycles. The van der Waals surface area contributed by atoms with Crippen LogP contribution in [-0.2, 0) is 6.42 Å². The van der Waals surface area contributed by atoms with Crippen molar-refractivity contribution in [2.75, 3.05) is 13.6 Å². The number of aliphatic hydroxyl groups excluding tert-OH is 1. The summed E-state index contributed by atoms with van der Waals surface area (Å²) in [6.07, 6.45) is 2.55. The van der Waals surface area contributed by atoms with Gasteiger partial charge in [-0.3, -0.25) is 0 Å². The van der Waals surface area contributed by atoms with Crippen molar-refractivity contribution in [2.24, 2.45) is 5.73 Å². The van der Waals surface area contributed by atoms with Gasteiger partial charge in [-0.2, -0.15) is 0 Å². The molecule has 0 bridgehead atoms. The summed E-state index contributed by atoms with van der Waals surface area (Å²) in [5, 5.41) is 10.2. The molecule has 3 nitrogen and oxygen atoms in total. The van der Waals surface area contributed by atoms with E-state index in [0.29, 0.717) is 12.6 Å². The van der Waals surface area contributed by atoms with Crippen LogP contribution in [0.4, 0.5) is 0 Å². The molecule has 3 atom stereocenters. The van der Waals surface area contributed by atoms with Crippen molar-refractivity contribution in [3.63, 3.8) is 0 Å². The van der Waals surface area contributed by atoms with Crippen LogP contribution in [0.15, 0.2) is 30.3 Å². The second kappa shape index (κ2) is 8.31. The average molecular weight is 264 g/mol. The molecule has 0 heterocycles. The van der Waals surface area contributed by atoms with E-state index in [1.165, 1.54) is 5.56 Å². The Bertz CT molecular complexity index is 342. The topological polar surface area (TPSA) is 49.5 Å². The first-order valence-electron chi connectivity index (χ1n) is 7.22. The number of nitrogens with two attached hydrogens (primary N) is 1. The first kappa shape index (κ1) is 16.2. The van der Waals surface area contributed by atoms with Crippen LogP contribution in [0.2, 0.25) is 0 Å². The van der Waals surface area contributed by atoms with Gasteiger partial charge in [0, 0.05) is 18.6 Å². The lowest BCUT2D eigenvalue weighted by Crippen LogP contribution is -2.45. The quantitative estimate of drug-likeness (QED) is 0.755. The molecule has 1 aromatic rings. The zero-order valence-corrected chi connectivity index (χ0v) is 12.4. The van der Waals surface area contributed by atoms with Gasteiger partial charge >= 0.3 is 0 Å². The Labute approximate surface area is 117 Å². The van der Waals surface area contributed by atoms with Crippen molar-refractivity contribution >= 4 is 0 Å². The number of aliphatic hydroxyl groups is 1. The molecule has 0 spiro atoms. The highest BCUT2D eigenvalue weighted by Crippen LogP contribution is 2.08. The molecular formula is C16H28N2O. The predicted molar refractivity (Wildman–Crippen MR) is 81.1 cm³/mol. The maximum atomic E-state index is 10.2. The summed E-state index contributed by atoms with van der Waals surface area (Å²) in [5.41, 5.74) is 7.27. The van der Waals surface area contributed by atoms with Gasteiger partial charge in [-0.05, 0) is 32.4 Å². The standard InChI is InChI=1S/C16H28N2O/c1-4-8-13(2)18(3)12-16(19)15(17)11-14-9-6-5-7-10-14/h5-7,9-10,13,15-16,19H,4,8,11-12,17H2,1-3H3. The minimum Gasteiger partial charge on any atom is -0.390 e. The van der Waals surface area contributed by atoms with E-state index in [1.807, 2.05) is 18.2 Å². The summed E-state index contributed by atoms with van der Waals surface area (Å²) in [6, 6.07) is 10.4. The third-order valence-corrected chi connectivity index (χ3v) is 3.74. The van der Waals surface area contributed by atoms with Gasteiger partial charge in [-0.15, -0.1) is 0 Å². The Balaban J connectivity index is 2.42. The Kier molecular flexibility index (Phi) is 7.06. The van der Waals surface area contributed by atoms with Gasteiger partial charge in [0.25, 0.3) is 0 Å². The zero-order chi connectivity index (χ0) is 14.3. The lowest BCUT2D eigenvalue weighted by Gasteiger charge is -2.29. The molecule has 19 heavy (non-hydrogen) atoms. The lowest BCUT2D eigenvalue weighted by molar-refractivity contribution is 0.0851. The average Bonchev–Trinajstić information content (AvgIpc) is 2.40. The number of hydrogen-bond donors (Lipinski definition) is 2. The summed E-state index contributed by atoms with van der Waals surface area (Å²) in [5.74, 6) is 0. The first-order valence-corrected chi connectivity index (χ1v) is 7.22. The van der Waals surface area contributed by atoms with Gasteiger partial charge in [0.1, 0.15) is 0 Å². The third kappa shape index (κ3) is 5.72. The van der Waals surface area contributed by atoms with E-state index in [9.17, 15) is 5.11 Å². The number of nitrogens with zero attached hydrogens (tertiary/aromatic N) is 1. The number of likely N-dealkylation sites (N-methyl/N-ethyl adjacent to an activating group) is 1. The fraction of sp³-hybridized carbons (Fsp3) is 0.625. The SMILES string of the molecule is CCCC(C)N(C)CC(O)C(N)Cc1ccccc1. The van der Waals surface area contributed by atoms with E-state index in [4.69, 9.17) is 5.73 Å². The Morgan fingerprint density at radius 2 is 1.89 bits per heavy atom. The molecule has 0 radical (unpaired) electrons. The second-order valence-electron chi connectivity index (χ2n) is 5.50. The van der Waals surface area contributed by atoms with Crippen molar-refractivity contribution < 1.29 is 5.11 Å². The molecule has 0 saturated carbocycles. The zero-order valence-electron chi connectivity index (χ0n) is 12.4. The number of hydrogen-bond acceptors (Lipinski definition) is 3. The van der Waals surface area contributed by atoms with Crippen LogP contribution in [0.3, 0.4) is 0 Å². The van der Waals surface area contributed by atoms with Crippen LogP contribution < -0.4 is 5.73 Å². The Morgan fingerprint density at radius 1 is 1.26 bits per heavy atom. The van der Waals surface area contributed by atoms with Crippen molar-refractivity contribution in [3.8, 4) is 0 Å². The third-order valence-electron chi connectivity index (χ3n) is 3.74. The maximum absolute atomic E-state index is 10.2. The van der Waals surface area contributed by atoms with Gasteiger partial charge in [-0.25, -0.2) is 0 Å². The smallest absolute Gasteiger partial charge is 0.0820 e. The maximum Gasteiger partial charge on any atom is 0.0820 e. The summed E-state index contributed by atoms with van der Waals surface area (Å²) < 4.78 is 0. The molecule has 0 aromatic heterocycles. The van der Waals surface area contributed by atoms with Crippen LogP contribution in [0.1, 0.15) is 32.3 Å². The summed E-state index contributed by atoms with van der Waals surface area (Å²) in [6.45, 7) is 5.01. The van der Waals surface area contributed by atoms with Crippen molar-refractivity contribution in [1.29, 1.82) is 0 Å². The van der Waals surface area contributed by atoms with Crippen LogP contribution in [-0.4, -0.2) is 41.8 Å². The molecule has 0 aliphatic rings. The molecule has 3 N–H and O–H groups in total. The number of rotatable bonds is 8. The molecule has 108 valence electrons. The fourth-order valence-corrected chi connectivity index (χ4v) is 2.27. The Morgan fingerprint density at radius 3 is 2.47 bits per heavy atom. The Hall–Kier alpha value is -0.900. The van der Waals surface area contributed by atoms with Gasteiger partial charge < -0.3 is 15.7 Å². The van der Waals surface area contributed by atoms with Crippen molar-refractivity contribution in [1.82, 2.24) is 4.90 Å². The molecule has 0 aliphatic heterocycles. The van der Waals surface area contributed by atoms with E-state index < -0.39 is 6.10 Å². The molecule has 3 unspecified atom stereocenters. The highest BCUT2D eigenvalue weighted by Gasteiger charge is 2.19. The van der Waals surface area contributed by atoms with Crippen LogP contribution >= 0.6 is 0 Å². The van der Waals surface area contributed by atoms with Crippen LogP contribution in [0.25, 0.3) is 0 Å². The number of benzene rings is 1. The largest absolute Gasteiger partial charge is 0.390 e. The predicted octanol–water partition coefficient (Wildman–Crippen LogP) is 2.04. The van der Waals surface area contributed by atoms with E-state index >= 15 is 0 Å². The molecule has 3 heteroatoms. The molecule has 0 saturated heterocycles. The van der Waals surface area contributed by atoms with Gasteiger partial charge in [0.15, 0.2) is 0 Å². The first-order chi connectivity index (χ1) is 9.04. The minimum atomic E-state index is -0.482. The van der Waals surface area contributed by atoms with Gasteiger partial charge in [-0.1, -0.05) is 43.7 Å². The summed E-state index contributed by atoms with van der Waals surface area (Å²) in [7, 11) is 2.05. The summed E-state index contributed by atoms with van der Waals surface area (Å²) in [4.78, 5) is 2.19. The summed E-state index contributed by atoms with van der Waals surface area (Å²) >= 11 is 0. The molecule has 0 fully saturated rings. The second-order valence-corrected chi connectivity index (χ2v) is 5.50. The normalized spacial score (nSPS) is 16.3. The monoisotopic (exact) mass is 264 g/mol. The molecular weight excluding hydrogens is 236 g/mol. The molecule has 1 rings (SSSR count). The van der Waals surface area contributed by atoms with E-state index in [1.54, 1.807) is 0 Å². The highest BCUT2D eigenvalue weighted by atomic mass is 16.3. The molecule has 0 amide bonds. The molecule has 1 aromatic carbocycles. The van der Waals surface area contributed by atoms with Crippen molar-refractivity contribution in [3.05, 3.63) is 35.9 Å². The highest BCUT2D eigenvalue weighted by molar-refractivity contribution is 5.16.